The van der Waals surface area contributed by atoms with Crippen molar-refractivity contribution in [1.82, 2.24) is 0 Å². The zero-order valence-corrected chi connectivity index (χ0v) is 21.0. The Morgan fingerprint density at radius 1 is 0.933 bits per heavy atom. The summed E-state index contributed by atoms with van der Waals surface area (Å²) in [5, 5.41) is 0. The molecule has 8 atom stereocenters. The maximum atomic E-state index is 4.13. The molecule has 0 heteroatoms. The van der Waals surface area contributed by atoms with E-state index in [2.05, 4.69) is 46.9 Å². The van der Waals surface area contributed by atoms with Gasteiger partial charge in [0.2, 0.25) is 0 Å². The summed E-state index contributed by atoms with van der Waals surface area (Å²) in [5.41, 5.74) is 6.68. The summed E-state index contributed by atoms with van der Waals surface area (Å²) >= 11 is 0. The summed E-state index contributed by atoms with van der Waals surface area (Å²) in [6, 6.07) is 0. The summed E-state index contributed by atoms with van der Waals surface area (Å²) in [5.74, 6) is 4.57. The monoisotopic (exact) mass is 414 g/mol. The molecule has 0 saturated heterocycles. The molecule has 4 aliphatic carbocycles. The van der Waals surface area contributed by atoms with Crippen LogP contribution >= 0.6 is 0 Å². The summed E-state index contributed by atoms with van der Waals surface area (Å²) in [4.78, 5) is 0. The van der Waals surface area contributed by atoms with E-state index in [1.165, 1.54) is 83.5 Å². The molecule has 174 valence electrons. The molecular formula is C30H54. The number of hydrogen-bond acceptors (Lipinski definition) is 0. The van der Waals surface area contributed by atoms with Crippen LogP contribution in [0, 0.1) is 45.8 Å². The van der Waals surface area contributed by atoms with E-state index < -0.39 is 0 Å². The molecule has 4 rings (SSSR count). The summed E-state index contributed by atoms with van der Waals surface area (Å²) < 4.78 is 0. The van der Waals surface area contributed by atoms with Gasteiger partial charge < -0.3 is 0 Å². The van der Waals surface area contributed by atoms with Crippen molar-refractivity contribution < 1.29 is 2.85 Å². The zero-order chi connectivity index (χ0) is 21.6. The van der Waals surface area contributed by atoms with Crippen LogP contribution < -0.4 is 0 Å². The quantitative estimate of drug-likeness (QED) is 0.403. The molecule has 0 heterocycles. The number of rotatable bonds is 3. The van der Waals surface area contributed by atoms with Gasteiger partial charge in [-0.05, 0) is 116 Å². The first-order chi connectivity index (χ1) is 14.3. The molecule has 4 fully saturated rings. The predicted molar refractivity (Wildman–Crippen MR) is 135 cm³/mol. The smallest absolute Gasteiger partial charge is 0 e. The average molecular weight is 415 g/mol. The summed E-state index contributed by atoms with van der Waals surface area (Å²) in [6.45, 7) is 17.0. The highest BCUT2D eigenvalue weighted by molar-refractivity contribution is 5.16. The van der Waals surface area contributed by atoms with Crippen molar-refractivity contribution in [3.63, 3.8) is 0 Å². The fourth-order valence-electron chi connectivity index (χ4n) is 10.1. The second-order valence-corrected chi connectivity index (χ2v) is 12.6. The van der Waals surface area contributed by atoms with Crippen molar-refractivity contribution in [2.75, 3.05) is 0 Å². The number of fused-ring (bicyclic) bond motifs is 5. The molecule has 0 aromatic heterocycles. The van der Waals surface area contributed by atoms with Gasteiger partial charge in [-0.1, -0.05) is 66.9 Å². The fraction of sp³-hybridized carbons (Fsp3) is 0.900. The van der Waals surface area contributed by atoms with Crippen LogP contribution in [-0.4, -0.2) is 0 Å². The molecule has 0 radical (unpaired) electrons. The molecule has 0 aliphatic heterocycles. The first-order valence-corrected chi connectivity index (χ1v) is 13.7. The van der Waals surface area contributed by atoms with Gasteiger partial charge in [0.1, 0.15) is 0 Å². The van der Waals surface area contributed by atoms with Crippen molar-refractivity contribution >= 4 is 0 Å². The lowest BCUT2D eigenvalue weighted by atomic mass is 9.40. The first kappa shape index (κ1) is 22.7. The van der Waals surface area contributed by atoms with Crippen molar-refractivity contribution in [1.29, 1.82) is 0 Å². The molecule has 0 bridgehead atoms. The minimum absolute atomic E-state index is 0. The normalized spacial score (nSPS) is 48.9. The zero-order valence-electron chi connectivity index (χ0n) is 21.0. The molecule has 0 nitrogen and oxygen atoms in total. The lowest BCUT2D eigenvalue weighted by molar-refractivity contribution is -0.156. The molecule has 4 aliphatic rings. The standard InChI is InChI=1S/C30H50.2H2/c1-7-23(8-2)25-14-10-11-15-26-24-16-20-30(9-3)21-22(4)13-12-18-29(30,6)27(24)17-19-28(25,26)5;;/h22,24-27H,1,8-21H2,2-6H3;2*1H/t22-,24-,25+,26?,27?,28+,29?,30+;;/m0../s1. The molecule has 0 amide bonds. The first-order valence-electron chi connectivity index (χ1n) is 13.7. The second-order valence-electron chi connectivity index (χ2n) is 12.6. The van der Waals surface area contributed by atoms with Gasteiger partial charge in [-0.15, -0.1) is 5.73 Å². The van der Waals surface area contributed by atoms with E-state index in [1.807, 2.05) is 0 Å². The van der Waals surface area contributed by atoms with Gasteiger partial charge in [0.15, 0.2) is 0 Å². The van der Waals surface area contributed by atoms with Crippen LogP contribution in [0.4, 0.5) is 0 Å². The SMILES string of the molecule is C=C=C(CC)[C@H]1CCCCC2[C@@H]3CC[C@]4(CC)C[C@@H](C)CCCC4(C)C3CC[C@@]21C.[HH].[HH]. The Labute approximate surface area is 191 Å². The summed E-state index contributed by atoms with van der Waals surface area (Å²) in [7, 11) is 0. The van der Waals surface area contributed by atoms with Crippen LogP contribution in [0.2, 0.25) is 0 Å². The van der Waals surface area contributed by atoms with E-state index in [0.29, 0.717) is 16.2 Å². The van der Waals surface area contributed by atoms with E-state index in [-0.39, 0.29) is 2.85 Å². The van der Waals surface area contributed by atoms with Gasteiger partial charge in [0.05, 0.1) is 0 Å². The maximum Gasteiger partial charge on any atom is 0 e. The van der Waals surface area contributed by atoms with E-state index in [1.54, 1.807) is 5.57 Å². The van der Waals surface area contributed by atoms with Gasteiger partial charge >= 0.3 is 0 Å². The van der Waals surface area contributed by atoms with Crippen LogP contribution in [0.5, 0.6) is 0 Å². The Balaban J connectivity index is 0.00000181. The van der Waals surface area contributed by atoms with Crippen molar-refractivity contribution in [3.05, 3.63) is 17.9 Å². The molecule has 0 aromatic carbocycles. The second kappa shape index (κ2) is 8.46. The topological polar surface area (TPSA) is 0 Å². The van der Waals surface area contributed by atoms with Crippen LogP contribution in [0.3, 0.4) is 0 Å². The van der Waals surface area contributed by atoms with Crippen LogP contribution in [0.1, 0.15) is 127 Å². The average Bonchev–Trinajstić information content (AvgIpc) is 2.98. The molecule has 0 spiro atoms. The van der Waals surface area contributed by atoms with Crippen LogP contribution in [0.15, 0.2) is 17.9 Å². The van der Waals surface area contributed by atoms with Gasteiger partial charge in [-0.3, -0.25) is 0 Å². The molecule has 0 aromatic rings. The van der Waals surface area contributed by atoms with E-state index >= 15 is 0 Å². The van der Waals surface area contributed by atoms with Crippen molar-refractivity contribution in [3.8, 4) is 0 Å². The molecule has 4 saturated carbocycles. The summed E-state index contributed by atoms with van der Waals surface area (Å²) in [6.07, 6.45) is 20.3. The Hall–Kier alpha value is -0.480. The van der Waals surface area contributed by atoms with Crippen LogP contribution in [-0.2, 0) is 0 Å². The Morgan fingerprint density at radius 3 is 2.40 bits per heavy atom. The van der Waals surface area contributed by atoms with Crippen LogP contribution in [0.25, 0.3) is 0 Å². The van der Waals surface area contributed by atoms with E-state index in [9.17, 15) is 0 Å². The van der Waals surface area contributed by atoms with Crippen molar-refractivity contribution in [2.45, 2.75) is 125 Å². The van der Waals surface area contributed by atoms with Gasteiger partial charge in [-0.25, -0.2) is 0 Å². The highest BCUT2D eigenvalue weighted by Crippen LogP contribution is 2.70. The third-order valence-electron chi connectivity index (χ3n) is 11.8. The predicted octanol–water partition coefficient (Wildman–Crippen LogP) is 9.85. The Kier molecular flexibility index (Phi) is 6.40. The molecular weight excluding hydrogens is 360 g/mol. The third kappa shape index (κ3) is 3.31. The van der Waals surface area contributed by atoms with Crippen molar-refractivity contribution in [2.24, 2.45) is 45.8 Å². The minimum atomic E-state index is 0. The molecule has 3 unspecified atom stereocenters. The highest BCUT2D eigenvalue weighted by Gasteiger charge is 2.62. The number of allylic oxidation sites excluding steroid dienone is 1. The maximum absolute atomic E-state index is 4.13. The lowest BCUT2D eigenvalue weighted by Crippen LogP contribution is -2.57. The van der Waals surface area contributed by atoms with Gasteiger partial charge in [0.25, 0.3) is 0 Å². The molecule has 30 heavy (non-hydrogen) atoms. The Morgan fingerprint density at radius 2 is 1.70 bits per heavy atom. The third-order valence-corrected chi connectivity index (χ3v) is 11.8. The van der Waals surface area contributed by atoms with E-state index in [0.717, 1.165) is 36.0 Å². The van der Waals surface area contributed by atoms with Gasteiger partial charge in [-0.2, -0.15) is 0 Å². The fourth-order valence-corrected chi connectivity index (χ4v) is 10.1. The number of hydrogen-bond donors (Lipinski definition) is 0. The van der Waals surface area contributed by atoms with E-state index in [4.69, 9.17) is 0 Å². The van der Waals surface area contributed by atoms with Gasteiger partial charge in [0, 0.05) is 2.85 Å². The largest absolute Gasteiger partial charge is 0.129 e. The highest BCUT2D eigenvalue weighted by atomic mass is 14.7. The minimum Gasteiger partial charge on any atom is -0.129 e. The molecule has 0 N–H and O–H groups in total. The lowest BCUT2D eigenvalue weighted by Gasteiger charge is -2.65. The Bertz CT molecular complexity index is 678.